The molecular formula is C8H14I2. The molecule has 1 rings (SSSR count). The van der Waals surface area contributed by atoms with Gasteiger partial charge in [0.1, 0.15) is 0 Å². The van der Waals surface area contributed by atoms with Gasteiger partial charge in [0, 0.05) is 8.86 Å². The molecule has 2 atom stereocenters. The molecule has 0 aromatic heterocycles. The molecule has 60 valence electrons. The number of hydrogen-bond acceptors (Lipinski definition) is 0. The SMILES string of the molecule is IC[C@H]1CCCC[C@@H]1CI. The van der Waals surface area contributed by atoms with Crippen LogP contribution in [0.2, 0.25) is 0 Å². The van der Waals surface area contributed by atoms with Crippen LogP contribution in [-0.2, 0) is 0 Å². The number of halogens is 2. The molecule has 1 fully saturated rings. The van der Waals surface area contributed by atoms with Crippen LogP contribution in [0, 0.1) is 11.8 Å². The first-order valence-electron chi connectivity index (χ1n) is 4.00. The second kappa shape index (κ2) is 5.17. The molecule has 0 saturated heterocycles. The lowest BCUT2D eigenvalue weighted by molar-refractivity contribution is 0.293. The molecule has 0 radical (unpaired) electrons. The first-order chi connectivity index (χ1) is 4.88. The maximum atomic E-state index is 2.54. The van der Waals surface area contributed by atoms with Crippen LogP contribution in [0.3, 0.4) is 0 Å². The van der Waals surface area contributed by atoms with E-state index in [1.54, 1.807) is 0 Å². The van der Waals surface area contributed by atoms with Crippen LogP contribution in [0.25, 0.3) is 0 Å². The van der Waals surface area contributed by atoms with Gasteiger partial charge in [-0.3, -0.25) is 0 Å². The van der Waals surface area contributed by atoms with Crippen LogP contribution in [0.5, 0.6) is 0 Å². The Balaban J connectivity index is 2.34. The Labute approximate surface area is 90.8 Å². The van der Waals surface area contributed by atoms with Crippen LogP contribution in [-0.4, -0.2) is 8.86 Å². The van der Waals surface area contributed by atoms with Gasteiger partial charge >= 0.3 is 0 Å². The monoisotopic (exact) mass is 364 g/mol. The molecule has 0 aliphatic heterocycles. The molecule has 0 bridgehead atoms. The molecule has 2 heteroatoms. The van der Waals surface area contributed by atoms with Gasteiger partial charge in [-0.25, -0.2) is 0 Å². The summed E-state index contributed by atoms with van der Waals surface area (Å²) in [5.41, 5.74) is 0. The Hall–Kier alpha value is 1.46. The van der Waals surface area contributed by atoms with Gasteiger partial charge in [-0.15, -0.1) is 0 Å². The zero-order valence-electron chi connectivity index (χ0n) is 6.15. The molecule has 0 N–H and O–H groups in total. The van der Waals surface area contributed by atoms with E-state index < -0.39 is 0 Å². The van der Waals surface area contributed by atoms with E-state index in [4.69, 9.17) is 0 Å². The first kappa shape index (κ1) is 9.55. The van der Waals surface area contributed by atoms with Gasteiger partial charge in [0.15, 0.2) is 0 Å². The van der Waals surface area contributed by atoms with E-state index in [0.29, 0.717) is 0 Å². The van der Waals surface area contributed by atoms with Crippen molar-refractivity contribution in [2.24, 2.45) is 11.8 Å². The summed E-state index contributed by atoms with van der Waals surface area (Å²) in [5, 5.41) is 0. The summed E-state index contributed by atoms with van der Waals surface area (Å²) in [6.07, 6.45) is 5.97. The molecule has 0 aromatic rings. The maximum absolute atomic E-state index is 2.54. The highest BCUT2D eigenvalue weighted by Crippen LogP contribution is 2.32. The van der Waals surface area contributed by atoms with Crippen LogP contribution >= 0.6 is 45.2 Å². The molecule has 1 saturated carbocycles. The summed E-state index contributed by atoms with van der Waals surface area (Å²) in [4.78, 5) is 0. The fourth-order valence-corrected chi connectivity index (χ4v) is 4.01. The molecule has 0 heterocycles. The minimum absolute atomic E-state index is 1.05. The Morgan fingerprint density at radius 2 is 1.30 bits per heavy atom. The van der Waals surface area contributed by atoms with E-state index in [1.807, 2.05) is 0 Å². The molecule has 0 amide bonds. The number of alkyl halides is 2. The second-order valence-electron chi connectivity index (χ2n) is 3.11. The lowest BCUT2D eigenvalue weighted by atomic mass is 9.82. The predicted octanol–water partition coefficient (Wildman–Crippen LogP) is 3.66. The highest BCUT2D eigenvalue weighted by Gasteiger charge is 2.22. The van der Waals surface area contributed by atoms with Gasteiger partial charge in [0.25, 0.3) is 0 Å². The van der Waals surface area contributed by atoms with Crippen molar-refractivity contribution in [3.63, 3.8) is 0 Å². The van der Waals surface area contributed by atoms with E-state index in [9.17, 15) is 0 Å². The van der Waals surface area contributed by atoms with Crippen molar-refractivity contribution in [1.82, 2.24) is 0 Å². The molecule has 0 nitrogen and oxygen atoms in total. The van der Waals surface area contributed by atoms with Gasteiger partial charge < -0.3 is 0 Å². The molecule has 0 unspecified atom stereocenters. The summed E-state index contributed by atoms with van der Waals surface area (Å²) in [5.74, 6) is 2.09. The van der Waals surface area contributed by atoms with Crippen molar-refractivity contribution < 1.29 is 0 Å². The van der Waals surface area contributed by atoms with Crippen LogP contribution in [0.1, 0.15) is 25.7 Å². The fourth-order valence-electron chi connectivity index (χ4n) is 1.69. The van der Waals surface area contributed by atoms with Crippen molar-refractivity contribution in [2.75, 3.05) is 8.86 Å². The number of hydrogen-bond donors (Lipinski definition) is 0. The van der Waals surface area contributed by atoms with E-state index in [0.717, 1.165) is 11.8 Å². The largest absolute Gasteiger partial charge is 0.0861 e. The average molecular weight is 364 g/mol. The van der Waals surface area contributed by atoms with Crippen LogP contribution in [0.4, 0.5) is 0 Å². The van der Waals surface area contributed by atoms with Gasteiger partial charge in [-0.05, 0) is 24.7 Å². The lowest BCUT2D eigenvalue weighted by Crippen LogP contribution is -2.21. The van der Waals surface area contributed by atoms with Crippen LogP contribution in [0.15, 0.2) is 0 Å². The third kappa shape index (κ3) is 2.50. The van der Waals surface area contributed by atoms with Gasteiger partial charge in [-0.2, -0.15) is 0 Å². The Bertz CT molecular complexity index is 81.3. The first-order valence-corrected chi connectivity index (χ1v) is 7.05. The second-order valence-corrected chi connectivity index (χ2v) is 4.87. The topological polar surface area (TPSA) is 0 Å². The Kier molecular flexibility index (Phi) is 4.93. The molecule has 10 heavy (non-hydrogen) atoms. The number of rotatable bonds is 2. The molecule has 1 aliphatic carbocycles. The van der Waals surface area contributed by atoms with E-state index in [2.05, 4.69) is 45.2 Å². The van der Waals surface area contributed by atoms with Crippen LogP contribution < -0.4 is 0 Å². The molecule has 0 spiro atoms. The quantitative estimate of drug-likeness (QED) is 0.518. The van der Waals surface area contributed by atoms with Gasteiger partial charge in [0.2, 0.25) is 0 Å². The average Bonchev–Trinajstić information content (AvgIpc) is 2.04. The highest BCUT2D eigenvalue weighted by molar-refractivity contribution is 14.1. The summed E-state index contributed by atoms with van der Waals surface area (Å²) >= 11 is 5.08. The van der Waals surface area contributed by atoms with E-state index in [1.165, 1.54) is 34.5 Å². The highest BCUT2D eigenvalue weighted by atomic mass is 127. The normalized spacial score (nSPS) is 34.2. The van der Waals surface area contributed by atoms with Crippen molar-refractivity contribution in [3.8, 4) is 0 Å². The lowest BCUT2D eigenvalue weighted by Gasteiger charge is -2.28. The Morgan fingerprint density at radius 3 is 1.60 bits per heavy atom. The van der Waals surface area contributed by atoms with E-state index >= 15 is 0 Å². The molecule has 1 aliphatic rings. The van der Waals surface area contributed by atoms with Gasteiger partial charge in [0.05, 0.1) is 0 Å². The van der Waals surface area contributed by atoms with Crippen molar-refractivity contribution >= 4 is 45.2 Å². The third-order valence-electron chi connectivity index (χ3n) is 2.46. The predicted molar refractivity (Wildman–Crippen MR) is 63.2 cm³/mol. The standard InChI is InChI=1S/C8H14I2/c9-5-7-3-1-2-4-8(7)6-10/h7-8H,1-6H2/t7-,8-/m1/s1. The molecule has 0 aromatic carbocycles. The van der Waals surface area contributed by atoms with Gasteiger partial charge in [-0.1, -0.05) is 58.0 Å². The fraction of sp³-hybridized carbons (Fsp3) is 1.00. The third-order valence-corrected chi connectivity index (χ3v) is 4.73. The van der Waals surface area contributed by atoms with Crippen molar-refractivity contribution in [3.05, 3.63) is 0 Å². The molecular weight excluding hydrogens is 350 g/mol. The zero-order valence-corrected chi connectivity index (χ0v) is 10.5. The Morgan fingerprint density at radius 1 is 0.900 bits per heavy atom. The smallest absolute Gasteiger partial charge is 0.00266 e. The summed E-state index contributed by atoms with van der Waals surface area (Å²) in [7, 11) is 0. The van der Waals surface area contributed by atoms with Crippen molar-refractivity contribution in [2.45, 2.75) is 25.7 Å². The summed E-state index contributed by atoms with van der Waals surface area (Å²) in [6, 6.07) is 0. The zero-order chi connectivity index (χ0) is 7.40. The van der Waals surface area contributed by atoms with E-state index in [-0.39, 0.29) is 0 Å². The minimum Gasteiger partial charge on any atom is -0.0861 e. The minimum atomic E-state index is 1.05. The summed E-state index contributed by atoms with van der Waals surface area (Å²) < 4.78 is 2.76. The summed E-state index contributed by atoms with van der Waals surface area (Å²) in [6.45, 7) is 0. The maximum Gasteiger partial charge on any atom is 0.00266 e. The van der Waals surface area contributed by atoms with Crippen molar-refractivity contribution in [1.29, 1.82) is 0 Å².